The van der Waals surface area contributed by atoms with Gasteiger partial charge in [-0.2, -0.15) is 0 Å². The highest BCUT2D eigenvalue weighted by Crippen LogP contribution is 2.38. The van der Waals surface area contributed by atoms with Gasteiger partial charge in [-0.05, 0) is 44.9 Å². The van der Waals surface area contributed by atoms with E-state index >= 15 is 0 Å². The number of aliphatic hydroxyl groups excluding tert-OH is 1. The molecule has 0 aliphatic heterocycles. The van der Waals surface area contributed by atoms with E-state index in [1.165, 1.54) is 122 Å². The van der Waals surface area contributed by atoms with Crippen LogP contribution in [-0.4, -0.2) is 68.5 Å². The lowest BCUT2D eigenvalue weighted by Crippen LogP contribution is -2.46. The number of rotatable bonds is 42. The summed E-state index contributed by atoms with van der Waals surface area (Å²) < 4.78 is 23.3. The number of nitrogens with one attached hydrogen (secondary N) is 1. The van der Waals surface area contributed by atoms with Crippen molar-refractivity contribution in [2.24, 2.45) is 0 Å². The number of carbonyl (C=O) groups is 1. The first-order valence-corrected chi connectivity index (χ1v) is 24.6. The third-order valence-electron chi connectivity index (χ3n) is 10.4. The molecule has 0 rings (SSSR count). The minimum Gasteiger partial charge on any atom is -0.756 e. The lowest BCUT2D eigenvalue weighted by Gasteiger charge is -2.30. The van der Waals surface area contributed by atoms with E-state index in [1.807, 2.05) is 21.1 Å². The molecule has 0 aromatic heterocycles. The second kappa shape index (κ2) is 38.5. The molecule has 3 atom stereocenters. The second-order valence-electron chi connectivity index (χ2n) is 17.1. The maximum atomic E-state index is 12.9. The third kappa shape index (κ3) is 41.0. The lowest BCUT2D eigenvalue weighted by molar-refractivity contribution is -0.870. The molecular formula is C46H91N2O6P. The van der Waals surface area contributed by atoms with Gasteiger partial charge in [-0.15, -0.1) is 0 Å². The Morgan fingerprint density at radius 3 is 1.55 bits per heavy atom. The van der Waals surface area contributed by atoms with Crippen LogP contribution in [0.4, 0.5) is 0 Å². The van der Waals surface area contributed by atoms with Gasteiger partial charge >= 0.3 is 0 Å². The third-order valence-corrected chi connectivity index (χ3v) is 11.4. The van der Waals surface area contributed by atoms with Gasteiger partial charge < -0.3 is 28.8 Å². The van der Waals surface area contributed by atoms with Crippen LogP contribution in [0.25, 0.3) is 0 Å². The van der Waals surface area contributed by atoms with Crippen molar-refractivity contribution >= 4 is 13.7 Å². The van der Waals surface area contributed by atoms with Gasteiger partial charge in [-0.25, -0.2) is 0 Å². The summed E-state index contributed by atoms with van der Waals surface area (Å²) in [4.78, 5) is 25.3. The summed E-state index contributed by atoms with van der Waals surface area (Å²) in [6, 6.07) is -0.805. The molecule has 2 N–H and O–H groups in total. The maximum Gasteiger partial charge on any atom is 0.268 e. The molecule has 0 spiro atoms. The van der Waals surface area contributed by atoms with Crippen LogP contribution >= 0.6 is 7.82 Å². The van der Waals surface area contributed by atoms with Crippen LogP contribution in [0.2, 0.25) is 0 Å². The average Bonchev–Trinajstić information content (AvgIpc) is 3.13. The zero-order valence-corrected chi connectivity index (χ0v) is 37.8. The van der Waals surface area contributed by atoms with Gasteiger partial charge in [-0.3, -0.25) is 9.36 Å². The molecule has 0 aromatic rings. The van der Waals surface area contributed by atoms with E-state index in [-0.39, 0.29) is 19.1 Å². The number of carbonyl (C=O) groups excluding carboxylic acids is 1. The Balaban J connectivity index is 4.35. The summed E-state index contributed by atoms with van der Waals surface area (Å²) in [7, 11) is 1.30. The Morgan fingerprint density at radius 1 is 0.636 bits per heavy atom. The van der Waals surface area contributed by atoms with Gasteiger partial charge in [0.05, 0.1) is 39.9 Å². The Bertz CT molecular complexity index is 953. The van der Waals surface area contributed by atoms with Crippen molar-refractivity contribution in [3.05, 3.63) is 24.3 Å². The number of allylic oxidation sites excluding steroid dienone is 4. The Morgan fingerprint density at radius 2 is 1.05 bits per heavy atom. The largest absolute Gasteiger partial charge is 0.756 e. The van der Waals surface area contributed by atoms with E-state index in [9.17, 15) is 19.4 Å². The number of quaternary nitrogens is 1. The quantitative estimate of drug-likeness (QED) is 0.0276. The molecule has 0 bridgehead atoms. The highest BCUT2D eigenvalue weighted by molar-refractivity contribution is 7.45. The predicted octanol–water partition coefficient (Wildman–Crippen LogP) is 12.3. The van der Waals surface area contributed by atoms with E-state index in [1.54, 1.807) is 0 Å². The van der Waals surface area contributed by atoms with Crippen LogP contribution in [0.15, 0.2) is 24.3 Å². The number of nitrogens with zero attached hydrogens (tertiary/aromatic N) is 1. The van der Waals surface area contributed by atoms with Crippen molar-refractivity contribution in [3.63, 3.8) is 0 Å². The van der Waals surface area contributed by atoms with Crippen LogP contribution in [0.1, 0.15) is 213 Å². The molecule has 3 unspecified atom stereocenters. The van der Waals surface area contributed by atoms with Crippen LogP contribution in [0.3, 0.4) is 0 Å². The Kier molecular flexibility index (Phi) is 37.8. The zero-order valence-electron chi connectivity index (χ0n) is 36.9. The zero-order chi connectivity index (χ0) is 40.7. The predicted molar refractivity (Wildman–Crippen MR) is 233 cm³/mol. The van der Waals surface area contributed by atoms with E-state index in [2.05, 4.69) is 43.5 Å². The topological polar surface area (TPSA) is 108 Å². The van der Waals surface area contributed by atoms with E-state index < -0.39 is 20.0 Å². The fourth-order valence-electron chi connectivity index (χ4n) is 6.72. The Labute approximate surface area is 341 Å². The van der Waals surface area contributed by atoms with Crippen molar-refractivity contribution in [1.29, 1.82) is 0 Å². The normalized spacial score (nSPS) is 14.5. The SMILES string of the molecule is CCCCC/C=C\C/C=C\CCCCCCCC(=O)NC(COP(=O)([O-])OCC[N+](C)(C)C)C(O)CCCCCCCCCCCCCCCCCCCC. The van der Waals surface area contributed by atoms with Crippen molar-refractivity contribution < 1.29 is 32.9 Å². The number of amides is 1. The standard InChI is InChI=1S/C46H91N2O6P/c1-6-8-10-12-14-16-18-20-22-23-24-26-27-29-31-33-35-37-39-45(49)44(43-54-55(51,52)53-42-41-48(3,4)5)47-46(50)40-38-36-34-32-30-28-25-21-19-17-15-13-11-9-7-2/h15,17,21,25,44-45,49H,6-14,16,18-20,22-24,26-43H2,1-5H3,(H-,47,50,51,52)/b17-15-,25-21-. The van der Waals surface area contributed by atoms with Crippen molar-refractivity contribution in [2.75, 3.05) is 40.9 Å². The molecular weight excluding hydrogens is 707 g/mol. The Hall–Kier alpha value is -1.02. The molecule has 55 heavy (non-hydrogen) atoms. The van der Waals surface area contributed by atoms with Crippen LogP contribution in [-0.2, 0) is 18.4 Å². The number of phosphoric ester groups is 1. The highest BCUT2D eigenvalue weighted by atomic mass is 31.2. The first-order chi connectivity index (χ1) is 26.5. The van der Waals surface area contributed by atoms with E-state index in [4.69, 9.17) is 9.05 Å². The van der Waals surface area contributed by atoms with Gasteiger partial charge in [0.1, 0.15) is 13.2 Å². The molecule has 0 saturated carbocycles. The van der Waals surface area contributed by atoms with Gasteiger partial charge in [0, 0.05) is 6.42 Å². The molecule has 0 aromatic carbocycles. The van der Waals surface area contributed by atoms with Crippen LogP contribution in [0, 0.1) is 0 Å². The molecule has 326 valence electrons. The number of aliphatic hydroxyl groups is 1. The molecule has 9 heteroatoms. The average molecular weight is 799 g/mol. The summed E-state index contributed by atoms with van der Waals surface area (Å²) in [5.74, 6) is -0.178. The number of likely N-dealkylation sites (N-methyl/N-ethyl adjacent to an activating group) is 1. The lowest BCUT2D eigenvalue weighted by atomic mass is 10.0. The molecule has 0 saturated heterocycles. The molecule has 0 fully saturated rings. The second-order valence-corrected chi connectivity index (χ2v) is 18.5. The van der Waals surface area contributed by atoms with Crippen LogP contribution < -0.4 is 10.2 Å². The number of unbranched alkanes of at least 4 members (excludes halogenated alkanes) is 25. The fraction of sp³-hybridized carbons (Fsp3) is 0.891. The van der Waals surface area contributed by atoms with E-state index in [0.717, 1.165) is 64.2 Å². The summed E-state index contributed by atoms with van der Waals surface area (Å²) in [5, 5.41) is 13.9. The monoisotopic (exact) mass is 799 g/mol. The van der Waals surface area contributed by atoms with Gasteiger partial charge in [0.25, 0.3) is 7.82 Å². The molecule has 0 aliphatic rings. The summed E-state index contributed by atoms with van der Waals surface area (Å²) >= 11 is 0. The first-order valence-electron chi connectivity index (χ1n) is 23.2. The van der Waals surface area contributed by atoms with Gasteiger partial charge in [0.15, 0.2) is 0 Å². The highest BCUT2D eigenvalue weighted by Gasteiger charge is 2.24. The summed E-state index contributed by atoms with van der Waals surface area (Å²) in [6.45, 7) is 4.69. The van der Waals surface area contributed by atoms with Crippen molar-refractivity contribution in [2.45, 2.75) is 225 Å². The molecule has 0 aliphatic carbocycles. The number of phosphoric acid groups is 1. The minimum atomic E-state index is -4.57. The summed E-state index contributed by atoms with van der Waals surface area (Å²) in [5.41, 5.74) is 0. The number of hydrogen-bond donors (Lipinski definition) is 2. The molecule has 0 radical (unpaired) electrons. The van der Waals surface area contributed by atoms with Crippen LogP contribution in [0.5, 0.6) is 0 Å². The first kappa shape index (κ1) is 54.0. The fourth-order valence-corrected chi connectivity index (χ4v) is 7.44. The smallest absolute Gasteiger partial charge is 0.268 e. The minimum absolute atomic E-state index is 0.00991. The van der Waals surface area contributed by atoms with Crippen molar-refractivity contribution in [1.82, 2.24) is 5.32 Å². The molecule has 1 amide bonds. The maximum absolute atomic E-state index is 12.9. The van der Waals surface area contributed by atoms with Gasteiger partial charge in [-0.1, -0.05) is 186 Å². The molecule has 0 heterocycles. The van der Waals surface area contributed by atoms with Crippen molar-refractivity contribution in [3.8, 4) is 0 Å². The molecule has 8 nitrogen and oxygen atoms in total. The summed E-state index contributed by atoms with van der Waals surface area (Å²) in [6.07, 6.45) is 44.6. The number of hydrogen-bond acceptors (Lipinski definition) is 6. The van der Waals surface area contributed by atoms with Gasteiger partial charge in [0.2, 0.25) is 5.91 Å². The van der Waals surface area contributed by atoms with E-state index in [0.29, 0.717) is 23.9 Å².